The molecule has 0 bridgehead atoms. The molecule has 1 N–H and O–H groups in total. The molecule has 0 aliphatic carbocycles. The Bertz CT molecular complexity index is 307. The van der Waals surface area contributed by atoms with E-state index in [-0.39, 0.29) is 29.9 Å². The molecule has 1 heterocycles. The van der Waals surface area contributed by atoms with Gasteiger partial charge >= 0.3 is 0 Å². The van der Waals surface area contributed by atoms with Crippen LogP contribution in [0.3, 0.4) is 0 Å². The maximum absolute atomic E-state index is 12.3. The Morgan fingerprint density at radius 1 is 1.28 bits per heavy atom. The van der Waals surface area contributed by atoms with Crippen molar-refractivity contribution in [3.05, 3.63) is 0 Å². The van der Waals surface area contributed by atoms with Crippen molar-refractivity contribution in [2.24, 2.45) is 0 Å². The topological polar surface area (TPSA) is 58.6 Å². The van der Waals surface area contributed by atoms with Crippen LogP contribution in [-0.4, -0.2) is 48.1 Å². The lowest BCUT2D eigenvalue weighted by molar-refractivity contribution is -0.153. The predicted molar refractivity (Wildman–Crippen MR) is 69.1 cm³/mol. The second kappa shape index (κ2) is 6.73. The normalized spacial score (nSPS) is 26.1. The van der Waals surface area contributed by atoms with Gasteiger partial charge in [0.05, 0.1) is 12.6 Å². The molecule has 0 aromatic rings. The molecule has 0 aromatic heterocycles. The lowest BCUT2D eigenvalue weighted by atomic mass is 10.0. The summed E-state index contributed by atoms with van der Waals surface area (Å²) in [4.78, 5) is 26.0. The van der Waals surface area contributed by atoms with E-state index in [4.69, 9.17) is 4.74 Å². The molecule has 1 aliphatic rings. The van der Waals surface area contributed by atoms with Gasteiger partial charge in [-0.3, -0.25) is 9.59 Å². The van der Waals surface area contributed by atoms with E-state index in [0.717, 1.165) is 0 Å². The first-order chi connectivity index (χ1) is 8.56. The van der Waals surface area contributed by atoms with Crippen LogP contribution in [0, 0.1) is 0 Å². The van der Waals surface area contributed by atoms with Crippen LogP contribution in [0.4, 0.5) is 0 Å². The average Bonchev–Trinajstić information content (AvgIpc) is 2.37. The first kappa shape index (κ1) is 15.0. The smallest absolute Gasteiger partial charge is 0.246 e. The van der Waals surface area contributed by atoms with Gasteiger partial charge in [-0.1, -0.05) is 13.8 Å². The van der Waals surface area contributed by atoms with Gasteiger partial charge in [0, 0.05) is 6.61 Å². The molecule has 5 nitrogen and oxygen atoms in total. The Balaban J connectivity index is 2.85. The van der Waals surface area contributed by atoms with Gasteiger partial charge in [0.25, 0.3) is 0 Å². The Labute approximate surface area is 109 Å². The number of nitrogens with zero attached hydrogens (tertiary/aromatic N) is 1. The molecule has 0 saturated carbocycles. The van der Waals surface area contributed by atoms with Crippen molar-refractivity contribution in [1.29, 1.82) is 0 Å². The summed E-state index contributed by atoms with van der Waals surface area (Å²) in [6.07, 6.45) is 1.25. The number of amides is 2. The second-order valence-electron chi connectivity index (χ2n) is 4.65. The van der Waals surface area contributed by atoms with Crippen molar-refractivity contribution in [3.63, 3.8) is 0 Å². The van der Waals surface area contributed by atoms with E-state index in [9.17, 15) is 9.59 Å². The maximum atomic E-state index is 12.3. The van der Waals surface area contributed by atoms with Crippen LogP contribution in [-0.2, 0) is 14.3 Å². The van der Waals surface area contributed by atoms with E-state index in [1.807, 2.05) is 27.7 Å². The minimum absolute atomic E-state index is 0.0103. The van der Waals surface area contributed by atoms with Gasteiger partial charge < -0.3 is 15.0 Å². The maximum Gasteiger partial charge on any atom is 0.246 e. The fraction of sp³-hybridized carbons (Fsp3) is 0.846. The first-order valence-electron chi connectivity index (χ1n) is 6.77. The summed E-state index contributed by atoms with van der Waals surface area (Å²) < 4.78 is 5.37. The highest BCUT2D eigenvalue weighted by Gasteiger charge is 2.40. The monoisotopic (exact) mass is 256 g/mol. The van der Waals surface area contributed by atoms with E-state index in [2.05, 4.69) is 5.32 Å². The predicted octanol–water partition coefficient (Wildman–Crippen LogP) is 0.927. The highest BCUT2D eigenvalue weighted by molar-refractivity contribution is 5.97. The fourth-order valence-corrected chi connectivity index (χ4v) is 2.34. The SMILES string of the molecule is CCOCC(C)N1C(=O)C(CC)NC(=O)C1CC. The van der Waals surface area contributed by atoms with Crippen LogP contribution in [0.25, 0.3) is 0 Å². The average molecular weight is 256 g/mol. The van der Waals surface area contributed by atoms with Crippen molar-refractivity contribution >= 4 is 11.8 Å². The zero-order chi connectivity index (χ0) is 13.7. The van der Waals surface area contributed by atoms with E-state index in [1.54, 1.807) is 4.90 Å². The Morgan fingerprint density at radius 3 is 2.44 bits per heavy atom. The van der Waals surface area contributed by atoms with Crippen molar-refractivity contribution in [2.75, 3.05) is 13.2 Å². The summed E-state index contributed by atoms with van der Waals surface area (Å²) in [6, 6.07) is -0.817. The minimum Gasteiger partial charge on any atom is -0.380 e. The molecule has 3 unspecified atom stereocenters. The molecular formula is C13H24N2O3. The summed E-state index contributed by atoms with van der Waals surface area (Å²) in [5.41, 5.74) is 0. The lowest BCUT2D eigenvalue weighted by Crippen LogP contribution is -2.65. The zero-order valence-electron chi connectivity index (χ0n) is 11.7. The molecule has 0 spiro atoms. The van der Waals surface area contributed by atoms with Gasteiger partial charge in [-0.2, -0.15) is 0 Å². The number of rotatable bonds is 6. The summed E-state index contributed by atoms with van der Waals surface area (Å²) in [6.45, 7) is 8.77. The highest BCUT2D eigenvalue weighted by Crippen LogP contribution is 2.18. The van der Waals surface area contributed by atoms with Gasteiger partial charge in [-0.15, -0.1) is 0 Å². The third-order valence-corrected chi connectivity index (χ3v) is 3.34. The third-order valence-electron chi connectivity index (χ3n) is 3.34. The first-order valence-corrected chi connectivity index (χ1v) is 6.77. The molecule has 2 amide bonds. The van der Waals surface area contributed by atoms with Gasteiger partial charge in [-0.05, 0) is 26.7 Å². The number of carbonyl (C=O) groups is 2. The number of hydrogen-bond acceptors (Lipinski definition) is 3. The summed E-state index contributed by atoms with van der Waals surface area (Å²) in [5, 5.41) is 2.79. The van der Waals surface area contributed by atoms with Gasteiger partial charge in [-0.25, -0.2) is 0 Å². The van der Waals surface area contributed by atoms with E-state index < -0.39 is 0 Å². The van der Waals surface area contributed by atoms with Crippen LogP contribution >= 0.6 is 0 Å². The van der Waals surface area contributed by atoms with Gasteiger partial charge in [0.1, 0.15) is 12.1 Å². The van der Waals surface area contributed by atoms with Crippen molar-refractivity contribution in [1.82, 2.24) is 10.2 Å². The molecule has 1 saturated heterocycles. The molecule has 104 valence electrons. The van der Waals surface area contributed by atoms with Crippen molar-refractivity contribution in [3.8, 4) is 0 Å². The lowest BCUT2D eigenvalue weighted by Gasteiger charge is -2.41. The number of ether oxygens (including phenoxy) is 1. The molecule has 1 aliphatic heterocycles. The standard InChI is InChI=1S/C13H24N2O3/c1-5-10-13(17)15(9(4)8-18-7-3)11(6-2)12(16)14-10/h9-11H,5-8H2,1-4H3,(H,14,16). The second-order valence-corrected chi connectivity index (χ2v) is 4.65. The van der Waals surface area contributed by atoms with Gasteiger partial charge in [0.15, 0.2) is 0 Å². The van der Waals surface area contributed by atoms with E-state index in [0.29, 0.717) is 26.1 Å². The quantitative estimate of drug-likeness (QED) is 0.769. The van der Waals surface area contributed by atoms with Crippen molar-refractivity contribution < 1.29 is 14.3 Å². The van der Waals surface area contributed by atoms with Gasteiger partial charge in [0.2, 0.25) is 11.8 Å². The molecular weight excluding hydrogens is 232 g/mol. The molecule has 3 atom stereocenters. The van der Waals surface area contributed by atoms with Crippen molar-refractivity contribution in [2.45, 2.75) is 58.7 Å². The highest BCUT2D eigenvalue weighted by atomic mass is 16.5. The molecule has 0 radical (unpaired) electrons. The minimum atomic E-state index is -0.385. The largest absolute Gasteiger partial charge is 0.380 e. The Morgan fingerprint density at radius 2 is 1.94 bits per heavy atom. The van der Waals surface area contributed by atoms with E-state index >= 15 is 0 Å². The van der Waals surface area contributed by atoms with Crippen LogP contribution in [0.15, 0.2) is 0 Å². The fourth-order valence-electron chi connectivity index (χ4n) is 2.34. The van der Waals surface area contributed by atoms with Crippen LogP contribution in [0.5, 0.6) is 0 Å². The third kappa shape index (κ3) is 3.02. The van der Waals surface area contributed by atoms with Crippen LogP contribution in [0.1, 0.15) is 40.5 Å². The number of carbonyl (C=O) groups excluding carboxylic acids is 2. The zero-order valence-corrected chi connectivity index (χ0v) is 11.7. The van der Waals surface area contributed by atoms with Crippen LogP contribution in [0.2, 0.25) is 0 Å². The number of piperazine rings is 1. The summed E-state index contributed by atoms with van der Waals surface area (Å²) in [5.74, 6) is -0.0385. The Kier molecular flexibility index (Phi) is 5.59. The number of hydrogen-bond donors (Lipinski definition) is 1. The summed E-state index contributed by atoms with van der Waals surface area (Å²) in [7, 11) is 0. The molecule has 0 aromatic carbocycles. The Hall–Kier alpha value is -1.10. The van der Waals surface area contributed by atoms with Crippen LogP contribution < -0.4 is 5.32 Å². The molecule has 5 heteroatoms. The number of nitrogens with one attached hydrogen (secondary N) is 1. The van der Waals surface area contributed by atoms with E-state index in [1.165, 1.54) is 0 Å². The molecule has 18 heavy (non-hydrogen) atoms. The summed E-state index contributed by atoms with van der Waals surface area (Å²) >= 11 is 0. The molecule has 1 rings (SSSR count). The molecule has 1 fully saturated rings.